The number of nitrogens with one attached hydrogen (secondary N) is 1. The SMILES string of the molecule is CC(C)(C)OC(=O)N[C@H]1CC[C@](O)(CS(C)(=O)=O)CC1. The molecule has 20 heavy (non-hydrogen) atoms. The number of carbonyl (C=O) groups excluding carboxylic acids is 1. The Labute approximate surface area is 120 Å². The lowest BCUT2D eigenvalue weighted by molar-refractivity contribution is 0.0120. The molecular formula is C13H25NO5S. The molecule has 1 amide bonds. The smallest absolute Gasteiger partial charge is 0.407 e. The second-order valence-corrected chi connectivity index (χ2v) is 8.86. The maximum Gasteiger partial charge on any atom is 0.407 e. The van der Waals surface area contributed by atoms with Crippen molar-refractivity contribution < 1.29 is 23.1 Å². The molecule has 0 saturated heterocycles. The number of aliphatic hydroxyl groups is 1. The maximum absolute atomic E-state index is 11.6. The minimum Gasteiger partial charge on any atom is -0.444 e. The van der Waals surface area contributed by atoms with Crippen molar-refractivity contribution in [2.75, 3.05) is 12.0 Å². The van der Waals surface area contributed by atoms with Crippen LogP contribution in [-0.2, 0) is 14.6 Å². The van der Waals surface area contributed by atoms with Gasteiger partial charge in [0.1, 0.15) is 15.4 Å². The Bertz CT molecular complexity index is 444. The van der Waals surface area contributed by atoms with Crippen LogP contribution in [0.15, 0.2) is 0 Å². The van der Waals surface area contributed by atoms with E-state index in [1.54, 1.807) is 20.8 Å². The summed E-state index contributed by atoms with van der Waals surface area (Å²) in [5.74, 6) is -0.223. The van der Waals surface area contributed by atoms with Crippen molar-refractivity contribution in [3.8, 4) is 0 Å². The van der Waals surface area contributed by atoms with Gasteiger partial charge in [0.2, 0.25) is 0 Å². The third-order valence-corrected chi connectivity index (χ3v) is 4.23. The van der Waals surface area contributed by atoms with E-state index < -0.39 is 27.1 Å². The molecule has 0 aromatic heterocycles. The molecule has 0 radical (unpaired) electrons. The van der Waals surface area contributed by atoms with Gasteiger partial charge in [0.15, 0.2) is 0 Å². The molecule has 118 valence electrons. The van der Waals surface area contributed by atoms with Crippen LogP contribution in [0.4, 0.5) is 4.79 Å². The quantitative estimate of drug-likeness (QED) is 0.818. The summed E-state index contributed by atoms with van der Waals surface area (Å²) in [7, 11) is -3.21. The van der Waals surface area contributed by atoms with Gasteiger partial charge in [-0.3, -0.25) is 0 Å². The molecule has 0 aromatic rings. The average molecular weight is 307 g/mol. The summed E-state index contributed by atoms with van der Waals surface area (Å²) in [6.07, 6.45) is 2.46. The van der Waals surface area contributed by atoms with Crippen LogP contribution in [-0.4, -0.2) is 48.9 Å². The molecule has 0 aliphatic heterocycles. The third kappa shape index (κ3) is 6.56. The van der Waals surface area contributed by atoms with Crippen LogP contribution in [0, 0.1) is 0 Å². The zero-order valence-electron chi connectivity index (χ0n) is 12.6. The van der Waals surface area contributed by atoms with Crippen molar-refractivity contribution in [2.45, 2.75) is 63.7 Å². The number of amides is 1. The van der Waals surface area contributed by atoms with Gasteiger partial charge >= 0.3 is 6.09 Å². The molecule has 0 bridgehead atoms. The molecule has 7 heteroatoms. The predicted octanol–water partition coefficient (Wildman–Crippen LogP) is 1.23. The summed E-state index contributed by atoms with van der Waals surface area (Å²) in [6.45, 7) is 5.37. The van der Waals surface area contributed by atoms with Gasteiger partial charge in [-0.25, -0.2) is 13.2 Å². The lowest BCUT2D eigenvalue weighted by Gasteiger charge is -2.35. The highest BCUT2D eigenvalue weighted by Gasteiger charge is 2.36. The van der Waals surface area contributed by atoms with E-state index in [1.807, 2.05) is 0 Å². The number of sulfone groups is 1. The van der Waals surface area contributed by atoms with Crippen LogP contribution >= 0.6 is 0 Å². The van der Waals surface area contributed by atoms with E-state index >= 15 is 0 Å². The molecule has 1 aliphatic rings. The molecular weight excluding hydrogens is 282 g/mol. The normalized spacial score (nSPS) is 27.9. The van der Waals surface area contributed by atoms with E-state index in [1.165, 1.54) is 0 Å². The third-order valence-electron chi connectivity index (χ3n) is 3.17. The van der Waals surface area contributed by atoms with Crippen molar-refractivity contribution in [1.29, 1.82) is 0 Å². The summed E-state index contributed by atoms with van der Waals surface area (Å²) in [6, 6.07) is -0.0790. The molecule has 2 N–H and O–H groups in total. The lowest BCUT2D eigenvalue weighted by Crippen LogP contribution is -2.47. The van der Waals surface area contributed by atoms with Crippen LogP contribution < -0.4 is 5.32 Å². The van der Waals surface area contributed by atoms with Gasteiger partial charge in [-0.1, -0.05) is 0 Å². The minimum absolute atomic E-state index is 0.0790. The van der Waals surface area contributed by atoms with Crippen LogP contribution in [0.25, 0.3) is 0 Å². The first-order valence-electron chi connectivity index (χ1n) is 6.78. The Kier molecular flexibility index (Phi) is 5.08. The number of ether oxygens (including phenoxy) is 1. The zero-order valence-corrected chi connectivity index (χ0v) is 13.4. The predicted molar refractivity (Wildman–Crippen MR) is 76.3 cm³/mol. The number of rotatable bonds is 3. The van der Waals surface area contributed by atoms with Gasteiger partial charge in [-0.05, 0) is 46.5 Å². The number of carbonyl (C=O) groups is 1. The Morgan fingerprint density at radius 1 is 1.35 bits per heavy atom. The van der Waals surface area contributed by atoms with Crippen LogP contribution in [0.1, 0.15) is 46.5 Å². The van der Waals surface area contributed by atoms with E-state index in [9.17, 15) is 18.3 Å². The molecule has 0 heterocycles. The highest BCUT2D eigenvalue weighted by Crippen LogP contribution is 2.29. The summed E-state index contributed by atoms with van der Waals surface area (Å²) in [5, 5.41) is 13.0. The molecule has 0 atom stereocenters. The molecule has 0 spiro atoms. The van der Waals surface area contributed by atoms with Gasteiger partial charge in [0.05, 0.1) is 11.4 Å². The van der Waals surface area contributed by atoms with E-state index in [-0.39, 0.29) is 11.8 Å². The molecule has 1 saturated carbocycles. The van der Waals surface area contributed by atoms with Crippen molar-refractivity contribution in [3.05, 3.63) is 0 Å². The second-order valence-electron chi connectivity index (χ2n) is 6.71. The maximum atomic E-state index is 11.6. The number of alkyl carbamates (subject to hydrolysis) is 1. The fourth-order valence-electron chi connectivity index (χ4n) is 2.41. The first-order chi connectivity index (χ1) is 8.89. The van der Waals surface area contributed by atoms with Gasteiger partial charge < -0.3 is 15.2 Å². The van der Waals surface area contributed by atoms with Gasteiger partial charge in [0, 0.05) is 12.3 Å². The highest BCUT2D eigenvalue weighted by atomic mass is 32.2. The summed E-state index contributed by atoms with van der Waals surface area (Å²) >= 11 is 0. The highest BCUT2D eigenvalue weighted by molar-refractivity contribution is 7.90. The summed E-state index contributed by atoms with van der Waals surface area (Å²) < 4.78 is 27.7. The number of hydrogen-bond acceptors (Lipinski definition) is 5. The fraction of sp³-hybridized carbons (Fsp3) is 0.923. The fourth-order valence-corrected chi connectivity index (χ4v) is 3.67. The standard InChI is InChI=1S/C13H25NO5S/c1-12(2,3)19-11(15)14-10-5-7-13(16,8-6-10)9-20(4,17)18/h10,16H,5-9H2,1-4H3,(H,14,15)/t10-,13+. The van der Waals surface area contributed by atoms with Gasteiger partial charge in [0.25, 0.3) is 0 Å². The van der Waals surface area contributed by atoms with E-state index in [4.69, 9.17) is 4.74 Å². The summed E-state index contributed by atoms with van der Waals surface area (Å²) in [5.41, 5.74) is -1.71. The molecule has 0 unspecified atom stereocenters. The Balaban J connectivity index is 2.45. The first-order valence-corrected chi connectivity index (χ1v) is 8.84. The van der Waals surface area contributed by atoms with Gasteiger partial charge in [-0.2, -0.15) is 0 Å². The number of hydrogen-bond donors (Lipinski definition) is 2. The van der Waals surface area contributed by atoms with Gasteiger partial charge in [-0.15, -0.1) is 0 Å². The largest absolute Gasteiger partial charge is 0.444 e. The molecule has 1 fully saturated rings. The van der Waals surface area contributed by atoms with Crippen LogP contribution in [0.5, 0.6) is 0 Å². The molecule has 1 rings (SSSR count). The molecule has 1 aliphatic carbocycles. The molecule has 6 nitrogen and oxygen atoms in total. The minimum atomic E-state index is -3.21. The monoisotopic (exact) mass is 307 g/mol. The van der Waals surface area contributed by atoms with Crippen molar-refractivity contribution in [3.63, 3.8) is 0 Å². The lowest BCUT2D eigenvalue weighted by atomic mass is 9.83. The van der Waals surface area contributed by atoms with Crippen molar-refractivity contribution in [1.82, 2.24) is 5.32 Å². The topological polar surface area (TPSA) is 92.7 Å². The zero-order chi connectivity index (χ0) is 15.6. The summed E-state index contributed by atoms with van der Waals surface area (Å²) in [4.78, 5) is 11.6. The second kappa shape index (κ2) is 5.89. The van der Waals surface area contributed by atoms with E-state index in [0.29, 0.717) is 25.7 Å². The van der Waals surface area contributed by atoms with Crippen LogP contribution in [0.2, 0.25) is 0 Å². The Morgan fingerprint density at radius 3 is 2.25 bits per heavy atom. The average Bonchev–Trinajstić information content (AvgIpc) is 2.16. The first kappa shape index (κ1) is 17.2. The van der Waals surface area contributed by atoms with Crippen molar-refractivity contribution in [2.24, 2.45) is 0 Å². The van der Waals surface area contributed by atoms with Crippen molar-refractivity contribution >= 4 is 15.9 Å². The van der Waals surface area contributed by atoms with E-state index in [0.717, 1.165) is 6.26 Å². The molecule has 0 aromatic carbocycles. The Hall–Kier alpha value is -0.820. The van der Waals surface area contributed by atoms with E-state index in [2.05, 4.69) is 5.32 Å². The Morgan fingerprint density at radius 2 is 1.85 bits per heavy atom. The van der Waals surface area contributed by atoms with Crippen LogP contribution in [0.3, 0.4) is 0 Å².